The van der Waals surface area contributed by atoms with Crippen molar-refractivity contribution in [1.29, 1.82) is 0 Å². The Labute approximate surface area is 346 Å². The third-order valence-corrected chi connectivity index (χ3v) is 10.8. The summed E-state index contributed by atoms with van der Waals surface area (Å²) in [5.74, 6) is 0.237. The van der Waals surface area contributed by atoms with Crippen molar-refractivity contribution < 1.29 is 43.8 Å². The summed E-state index contributed by atoms with van der Waals surface area (Å²) < 4.78 is 0. The number of phenols is 2. The van der Waals surface area contributed by atoms with E-state index in [1.807, 2.05) is 84.9 Å². The second kappa shape index (κ2) is 14.0. The predicted octanol–water partition coefficient (Wildman–Crippen LogP) is 11.9. The number of aromatic hydroxyl groups is 2. The van der Waals surface area contributed by atoms with Crippen LogP contribution < -0.4 is 4.98 Å². The van der Waals surface area contributed by atoms with Gasteiger partial charge >= 0.3 is 0 Å². The molecule has 2 radical (unpaired) electrons. The Bertz CT molecular complexity index is 3060. The molecule has 9 rings (SSSR count). The van der Waals surface area contributed by atoms with Crippen LogP contribution in [-0.4, -0.2) is 25.2 Å². The number of aromatic nitrogens is 4. The SMILES string of the molecule is Cc1ccccc1-c1c2nc(c3cc(C(C)(C)C)cc(c3O)c3ccc4ccc5ccc(nc5c4n3)c3cc(C(C)(C)C)cc(c3O)c3ccc1[n-]3)C=C2.[Co].[Co]. The van der Waals surface area contributed by atoms with Gasteiger partial charge in [-0.1, -0.05) is 102 Å². The number of pyridine rings is 2. The fourth-order valence-corrected chi connectivity index (χ4v) is 7.55. The van der Waals surface area contributed by atoms with E-state index < -0.39 is 0 Å². The van der Waals surface area contributed by atoms with E-state index in [1.54, 1.807) is 0 Å². The molecule has 5 heterocycles. The average Bonchev–Trinajstić information content (AvgIpc) is 3.82. The van der Waals surface area contributed by atoms with Crippen molar-refractivity contribution in [3.05, 3.63) is 125 Å². The zero-order chi connectivity index (χ0) is 37.7. The molecule has 284 valence electrons. The maximum Gasteiger partial charge on any atom is 0.134 e. The van der Waals surface area contributed by atoms with Gasteiger partial charge in [-0.2, -0.15) is 0 Å². The van der Waals surface area contributed by atoms with Gasteiger partial charge in [-0.15, -0.1) is 11.0 Å². The van der Waals surface area contributed by atoms with Gasteiger partial charge in [0.25, 0.3) is 0 Å². The van der Waals surface area contributed by atoms with Crippen LogP contribution >= 0.6 is 0 Å². The van der Waals surface area contributed by atoms with Gasteiger partial charge in [0.05, 0.1) is 33.5 Å². The summed E-state index contributed by atoms with van der Waals surface area (Å²) in [6.07, 6.45) is 3.98. The summed E-state index contributed by atoms with van der Waals surface area (Å²) in [5, 5.41) is 28.7. The molecule has 0 saturated heterocycles. The second-order valence-corrected chi connectivity index (χ2v) is 16.6. The first kappa shape index (κ1) is 39.0. The summed E-state index contributed by atoms with van der Waals surface area (Å²) >= 11 is 0. The van der Waals surface area contributed by atoms with Crippen LogP contribution in [-0.2, 0) is 44.4 Å². The maximum absolute atomic E-state index is 12.2. The van der Waals surface area contributed by atoms with Crippen LogP contribution in [0.25, 0.3) is 88.7 Å². The molecule has 8 heteroatoms. The third-order valence-electron chi connectivity index (χ3n) is 10.8. The van der Waals surface area contributed by atoms with E-state index >= 15 is 0 Å². The number of nitrogens with zero attached hydrogens (tertiary/aromatic N) is 4. The van der Waals surface area contributed by atoms with Crippen LogP contribution in [0, 0.1) is 6.92 Å². The minimum Gasteiger partial charge on any atom is -0.657 e. The quantitative estimate of drug-likeness (QED) is 0.160. The van der Waals surface area contributed by atoms with Crippen molar-refractivity contribution in [2.75, 3.05) is 0 Å². The molecule has 0 saturated carbocycles. The molecule has 0 spiro atoms. The largest absolute Gasteiger partial charge is 0.657 e. The number of hydrogen-bond acceptors (Lipinski definition) is 5. The van der Waals surface area contributed by atoms with Gasteiger partial charge in [0, 0.05) is 65.9 Å². The summed E-state index contributed by atoms with van der Waals surface area (Å²) in [6, 6.07) is 32.5. The number of fused-ring (bicyclic) bond motifs is 14. The Hall–Kier alpha value is -5.26. The second-order valence-electron chi connectivity index (χ2n) is 16.6. The maximum atomic E-state index is 12.2. The van der Waals surface area contributed by atoms with Gasteiger partial charge in [0.15, 0.2) is 0 Å². The Morgan fingerprint density at radius 3 is 1.57 bits per heavy atom. The summed E-state index contributed by atoms with van der Waals surface area (Å²) in [7, 11) is 0. The number of aryl methyl sites for hydroxylation is 1. The summed E-state index contributed by atoms with van der Waals surface area (Å²) in [5.41, 5.74) is 10.1. The Morgan fingerprint density at radius 1 is 0.518 bits per heavy atom. The minimum atomic E-state index is -0.225. The van der Waals surface area contributed by atoms with E-state index in [0.29, 0.717) is 54.8 Å². The smallest absolute Gasteiger partial charge is 0.134 e. The Morgan fingerprint density at radius 2 is 1.00 bits per heavy atom. The molecule has 1 aliphatic heterocycles. The van der Waals surface area contributed by atoms with Crippen molar-refractivity contribution in [3.63, 3.8) is 0 Å². The van der Waals surface area contributed by atoms with Gasteiger partial charge in [-0.25, -0.2) is 15.0 Å². The average molecular weight is 824 g/mol. The predicted molar refractivity (Wildman–Crippen MR) is 224 cm³/mol. The molecule has 4 aromatic carbocycles. The van der Waals surface area contributed by atoms with Crippen LogP contribution in [0.4, 0.5) is 0 Å². The molecule has 6 nitrogen and oxygen atoms in total. The van der Waals surface area contributed by atoms with Crippen LogP contribution in [0.1, 0.15) is 69.6 Å². The summed E-state index contributed by atoms with van der Waals surface area (Å²) in [6.45, 7) is 15.1. The molecule has 0 unspecified atom stereocenters. The standard InChI is InChI=1S/C48H41N4O2.2Co/c1-26-10-8-9-11-31(26)42-40-20-18-36(49-40)32-22-29(47(2,3)4)24-34(45(32)53)38-16-14-27-12-13-28-15-17-39(52-44(28)43(27)51-38)35-25-30(48(5,6)7)23-33(46(35)54)37-19-21-41(42)50-37;;/h8-25H,1-7H3,(H2-,49,50,51,52,53,54);;/q-1;;. The fourth-order valence-electron chi connectivity index (χ4n) is 7.55. The van der Waals surface area contributed by atoms with Crippen LogP contribution in [0.3, 0.4) is 0 Å². The van der Waals surface area contributed by atoms with Crippen molar-refractivity contribution in [1.82, 2.24) is 19.9 Å². The molecular weight excluding hydrogens is 782 g/mol. The molecule has 4 aromatic heterocycles. The van der Waals surface area contributed by atoms with E-state index in [9.17, 15) is 10.2 Å². The number of rotatable bonds is 1. The summed E-state index contributed by atoms with van der Waals surface area (Å²) in [4.78, 5) is 20.9. The molecular formula is C48H41Co2N4O2-. The molecule has 8 aromatic rings. The first-order valence-electron chi connectivity index (χ1n) is 18.4. The topological polar surface area (TPSA) is 93.2 Å². The molecule has 1 aliphatic rings. The van der Waals surface area contributed by atoms with E-state index in [0.717, 1.165) is 49.8 Å². The molecule has 2 N–H and O–H groups in total. The van der Waals surface area contributed by atoms with E-state index in [2.05, 4.69) is 72.7 Å². The van der Waals surface area contributed by atoms with E-state index in [-0.39, 0.29) is 55.9 Å². The Kier molecular flexibility index (Phi) is 9.78. The monoisotopic (exact) mass is 823 g/mol. The first-order valence-corrected chi connectivity index (χ1v) is 18.4. The molecule has 0 amide bonds. The molecule has 0 fully saturated rings. The van der Waals surface area contributed by atoms with Crippen molar-refractivity contribution in [3.8, 4) is 22.6 Å². The van der Waals surface area contributed by atoms with Gasteiger partial charge in [0.1, 0.15) is 11.5 Å². The minimum absolute atomic E-state index is 0. The fraction of sp³-hybridized carbons (Fsp3) is 0.188. The van der Waals surface area contributed by atoms with Crippen molar-refractivity contribution in [2.45, 2.75) is 59.3 Å². The van der Waals surface area contributed by atoms with E-state index in [4.69, 9.17) is 19.9 Å². The van der Waals surface area contributed by atoms with Gasteiger partial charge in [-0.05, 0) is 94.1 Å². The third kappa shape index (κ3) is 6.50. The van der Waals surface area contributed by atoms with Gasteiger partial charge in [-0.3, -0.25) is 0 Å². The van der Waals surface area contributed by atoms with Crippen LogP contribution in [0.2, 0.25) is 0 Å². The number of hydrogen-bond donors (Lipinski definition) is 2. The van der Waals surface area contributed by atoms with E-state index in [1.165, 1.54) is 0 Å². The zero-order valence-corrected chi connectivity index (χ0v) is 34.3. The molecule has 0 atom stereocenters. The molecule has 56 heavy (non-hydrogen) atoms. The molecule has 12 bridgehead atoms. The van der Waals surface area contributed by atoms with Gasteiger partial charge in [0.2, 0.25) is 0 Å². The van der Waals surface area contributed by atoms with Crippen molar-refractivity contribution in [2.24, 2.45) is 0 Å². The first-order chi connectivity index (χ1) is 25.7. The van der Waals surface area contributed by atoms with Gasteiger partial charge < -0.3 is 15.2 Å². The van der Waals surface area contributed by atoms with Crippen LogP contribution in [0.5, 0.6) is 11.5 Å². The van der Waals surface area contributed by atoms with Crippen molar-refractivity contribution >= 4 is 77.6 Å². The van der Waals surface area contributed by atoms with Crippen LogP contribution in [0.15, 0.2) is 97.1 Å². The number of phenolic OH excluding ortho intramolecular Hbond substituents is 2. The zero-order valence-electron chi connectivity index (χ0n) is 32.2. The number of benzene rings is 4. The Balaban J connectivity index is 0.00000240. The molecule has 0 aliphatic carbocycles. The normalized spacial score (nSPS) is 12.3.